The van der Waals surface area contributed by atoms with Gasteiger partial charge in [0.1, 0.15) is 6.54 Å². The number of anilines is 1. The van der Waals surface area contributed by atoms with Crippen LogP contribution in [0, 0.1) is 6.92 Å². The van der Waals surface area contributed by atoms with Gasteiger partial charge < -0.3 is 15.0 Å². The fraction of sp³-hybridized carbons (Fsp3) is 0.364. The van der Waals surface area contributed by atoms with Gasteiger partial charge in [0, 0.05) is 25.2 Å². The third-order valence-electron chi connectivity index (χ3n) is 5.00. The van der Waals surface area contributed by atoms with Gasteiger partial charge in [0.05, 0.1) is 25.2 Å². The fourth-order valence-corrected chi connectivity index (χ4v) is 4.07. The number of nitrogens with zero attached hydrogens (tertiary/aromatic N) is 2. The highest BCUT2D eigenvalue weighted by Crippen LogP contribution is 2.19. The standard InChI is InChI=1S/C22H27N3O5S/c1-17-3-5-18(6-4-17)15-23-21(26)16-25(31(2,28)29)20-9-7-19(8-10-20)22(27)24-11-13-30-14-12-24/h3-10H,11-16H2,1-2H3,(H,23,26). The Morgan fingerprint density at radius 3 is 2.23 bits per heavy atom. The highest BCUT2D eigenvalue weighted by atomic mass is 32.2. The molecule has 0 bridgehead atoms. The SMILES string of the molecule is Cc1ccc(CNC(=O)CN(c2ccc(C(=O)N3CCOCC3)cc2)S(C)(=O)=O)cc1. The van der Waals surface area contributed by atoms with E-state index in [-0.39, 0.29) is 12.5 Å². The Labute approximate surface area is 182 Å². The number of nitrogens with one attached hydrogen (secondary N) is 1. The molecule has 1 heterocycles. The monoisotopic (exact) mass is 445 g/mol. The van der Waals surface area contributed by atoms with Crippen molar-refractivity contribution >= 4 is 27.5 Å². The number of sulfonamides is 1. The third kappa shape index (κ3) is 6.28. The zero-order valence-electron chi connectivity index (χ0n) is 17.7. The summed E-state index contributed by atoms with van der Waals surface area (Å²) in [4.78, 5) is 26.7. The third-order valence-corrected chi connectivity index (χ3v) is 6.14. The summed E-state index contributed by atoms with van der Waals surface area (Å²) in [6, 6.07) is 14.0. The summed E-state index contributed by atoms with van der Waals surface area (Å²) in [6.45, 7) is 4.00. The van der Waals surface area contributed by atoms with E-state index in [0.717, 1.165) is 21.7 Å². The van der Waals surface area contributed by atoms with E-state index in [4.69, 9.17) is 4.74 Å². The Kier molecular flexibility index (Phi) is 7.29. The van der Waals surface area contributed by atoms with Crippen LogP contribution >= 0.6 is 0 Å². The van der Waals surface area contributed by atoms with Crippen LogP contribution in [0.5, 0.6) is 0 Å². The van der Waals surface area contributed by atoms with E-state index in [0.29, 0.717) is 44.1 Å². The number of benzene rings is 2. The second kappa shape index (κ2) is 9.93. The Morgan fingerprint density at radius 2 is 1.65 bits per heavy atom. The number of carbonyl (C=O) groups excluding carboxylic acids is 2. The average molecular weight is 446 g/mol. The second-order valence-electron chi connectivity index (χ2n) is 7.48. The molecule has 1 fully saturated rings. The average Bonchev–Trinajstić information content (AvgIpc) is 2.76. The number of aryl methyl sites for hydroxylation is 1. The van der Waals surface area contributed by atoms with Crippen LogP contribution in [0.25, 0.3) is 0 Å². The number of amides is 2. The molecule has 0 aliphatic carbocycles. The van der Waals surface area contributed by atoms with Crippen LogP contribution in [-0.2, 0) is 26.1 Å². The van der Waals surface area contributed by atoms with Crippen LogP contribution < -0.4 is 9.62 Å². The molecule has 0 radical (unpaired) electrons. The maximum atomic E-state index is 12.6. The summed E-state index contributed by atoms with van der Waals surface area (Å²) in [5.74, 6) is -0.545. The quantitative estimate of drug-likeness (QED) is 0.698. The van der Waals surface area contributed by atoms with E-state index in [1.807, 2.05) is 31.2 Å². The first-order valence-corrected chi connectivity index (χ1v) is 11.9. The first-order valence-electron chi connectivity index (χ1n) is 10.0. The molecule has 0 unspecified atom stereocenters. The molecule has 0 atom stereocenters. The molecule has 1 N–H and O–H groups in total. The highest BCUT2D eigenvalue weighted by Gasteiger charge is 2.22. The Bertz CT molecular complexity index is 1010. The van der Waals surface area contributed by atoms with Crippen LogP contribution in [0.15, 0.2) is 48.5 Å². The largest absolute Gasteiger partial charge is 0.378 e. The van der Waals surface area contributed by atoms with Gasteiger partial charge in [-0.25, -0.2) is 8.42 Å². The summed E-state index contributed by atoms with van der Waals surface area (Å²) in [7, 11) is -3.69. The molecular formula is C22H27N3O5S. The summed E-state index contributed by atoms with van der Waals surface area (Å²) >= 11 is 0. The van der Waals surface area contributed by atoms with Crippen LogP contribution in [-0.4, -0.2) is 64.2 Å². The molecule has 166 valence electrons. The lowest BCUT2D eigenvalue weighted by molar-refractivity contribution is -0.119. The molecule has 31 heavy (non-hydrogen) atoms. The Morgan fingerprint density at radius 1 is 1.03 bits per heavy atom. The minimum Gasteiger partial charge on any atom is -0.378 e. The number of rotatable bonds is 7. The first-order chi connectivity index (χ1) is 14.7. The fourth-order valence-electron chi connectivity index (χ4n) is 3.21. The van der Waals surface area contributed by atoms with Crippen molar-refractivity contribution in [3.05, 3.63) is 65.2 Å². The van der Waals surface area contributed by atoms with Gasteiger partial charge in [0.25, 0.3) is 5.91 Å². The van der Waals surface area contributed by atoms with Gasteiger partial charge in [0.2, 0.25) is 15.9 Å². The van der Waals surface area contributed by atoms with Crippen molar-refractivity contribution in [2.45, 2.75) is 13.5 Å². The normalized spacial score (nSPS) is 14.2. The zero-order valence-corrected chi connectivity index (χ0v) is 18.5. The van der Waals surface area contributed by atoms with Crippen molar-refractivity contribution in [1.29, 1.82) is 0 Å². The van der Waals surface area contributed by atoms with E-state index in [9.17, 15) is 18.0 Å². The van der Waals surface area contributed by atoms with Crippen LogP contribution in [0.2, 0.25) is 0 Å². The molecule has 1 aliphatic heterocycles. The van der Waals surface area contributed by atoms with E-state index in [1.54, 1.807) is 29.2 Å². The minimum absolute atomic E-state index is 0.128. The first kappa shape index (κ1) is 22.8. The highest BCUT2D eigenvalue weighted by molar-refractivity contribution is 7.92. The lowest BCUT2D eigenvalue weighted by Crippen LogP contribution is -2.41. The van der Waals surface area contributed by atoms with Gasteiger partial charge in [0.15, 0.2) is 0 Å². The molecule has 0 aromatic heterocycles. The summed E-state index contributed by atoms with van der Waals surface area (Å²) in [6.07, 6.45) is 1.05. The molecule has 0 saturated carbocycles. The van der Waals surface area contributed by atoms with Gasteiger partial charge >= 0.3 is 0 Å². The van der Waals surface area contributed by atoms with Gasteiger partial charge in [-0.05, 0) is 36.8 Å². The maximum absolute atomic E-state index is 12.6. The van der Waals surface area contributed by atoms with Crippen LogP contribution in [0.1, 0.15) is 21.5 Å². The van der Waals surface area contributed by atoms with Crippen molar-refractivity contribution in [2.75, 3.05) is 43.4 Å². The number of ether oxygens (including phenoxy) is 1. The topological polar surface area (TPSA) is 96.0 Å². The summed E-state index contributed by atoms with van der Waals surface area (Å²) < 4.78 is 30.9. The lowest BCUT2D eigenvalue weighted by atomic mass is 10.1. The molecule has 0 spiro atoms. The van der Waals surface area contributed by atoms with E-state index < -0.39 is 15.9 Å². The van der Waals surface area contributed by atoms with E-state index in [2.05, 4.69) is 5.32 Å². The predicted octanol–water partition coefficient (Wildman–Crippen LogP) is 1.55. The number of carbonyl (C=O) groups is 2. The van der Waals surface area contributed by atoms with Crippen molar-refractivity contribution in [2.24, 2.45) is 0 Å². The number of morpholine rings is 1. The minimum atomic E-state index is -3.69. The molecule has 2 aromatic carbocycles. The van der Waals surface area contributed by atoms with Crippen molar-refractivity contribution in [3.63, 3.8) is 0 Å². The smallest absolute Gasteiger partial charge is 0.254 e. The zero-order chi connectivity index (χ0) is 22.4. The maximum Gasteiger partial charge on any atom is 0.254 e. The van der Waals surface area contributed by atoms with Crippen LogP contribution in [0.4, 0.5) is 5.69 Å². The number of hydrogen-bond acceptors (Lipinski definition) is 5. The molecule has 2 aromatic rings. The lowest BCUT2D eigenvalue weighted by Gasteiger charge is -2.27. The summed E-state index contributed by atoms with van der Waals surface area (Å²) in [5.41, 5.74) is 2.83. The molecule has 1 aliphatic rings. The van der Waals surface area contributed by atoms with Gasteiger partial charge in [-0.15, -0.1) is 0 Å². The summed E-state index contributed by atoms with van der Waals surface area (Å²) in [5, 5.41) is 2.75. The number of hydrogen-bond donors (Lipinski definition) is 1. The molecule has 2 amide bonds. The molecule has 8 nitrogen and oxygen atoms in total. The van der Waals surface area contributed by atoms with Gasteiger partial charge in [-0.3, -0.25) is 13.9 Å². The Hall–Kier alpha value is -2.91. The molecule has 3 rings (SSSR count). The van der Waals surface area contributed by atoms with Crippen molar-refractivity contribution in [1.82, 2.24) is 10.2 Å². The molecule has 9 heteroatoms. The molecular weight excluding hydrogens is 418 g/mol. The predicted molar refractivity (Wildman–Crippen MR) is 118 cm³/mol. The second-order valence-corrected chi connectivity index (χ2v) is 9.39. The van der Waals surface area contributed by atoms with E-state index >= 15 is 0 Å². The van der Waals surface area contributed by atoms with Crippen LogP contribution in [0.3, 0.4) is 0 Å². The molecule has 1 saturated heterocycles. The van der Waals surface area contributed by atoms with Gasteiger partial charge in [-0.2, -0.15) is 0 Å². The van der Waals surface area contributed by atoms with Crippen molar-refractivity contribution in [3.8, 4) is 0 Å². The van der Waals surface area contributed by atoms with Crippen molar-refractivity contribution < 1.29 is 22.7 Å². The Balaban J connectivity index is 1.66. The van der Waals surface area contributed by atoms with E-state index in [1.165, 1.54) is 0 Å². The van der Waals surface area contributed by atoms with Gasteiger partial charge in [-0.1, -0.05) is 29.8 Å².